The van der Waals surface area contributed by atoms with E-state index >= 15 is 0 Å². The number of hydrogen-bond donors (Lipinski definition) is 2. The molecule has 1 aliphatic rings. The van der Waals surface area contributed by atoms with E-state index in [0.717, 1.165) is 12.5 Å². The van der Waals surface area contributed by atoms with Gasteiger partial charge in [0.2, 0.25) is 0 Å². The molecule has 1 aliphatic carbocycles. The molecule has 1 atom stereocenters. The van der Waals surface area contributed by atoms with Gasteiger partial charge < -0.3 is 15.2 Å². The van der Waals surface area contributed by atoms with Crippen molar-refractivity contribution in [3.05, 3.63) is 0 Å². The lowest BCUT2D eigenvalue weighted by Crippen LogP contribution is -2.34. The van der Waals surface area contributed by atoms with Crippen molar-refractivity contribution in [1.82, 2.24) is 5.32 Å². The smallest absolute Gasteiger partial charge is 0.0897 e. The molecular weight excluding hydrogens is 226 g/mol. The lowest BCUT2D eigenvalue weighted by atomic mass is 9.87. The maximum atomic E-state index is 9.76. The Morgan fingerprint density at radius 2 is 1.89 bits per heavy atom. The van der Waals surface area contributed by atoms with E-state index in [1.807, 2.05) is 20.8 Å². The van der Waals surface area contributed by atoms with Crippen LogP contribution in [0.2, 0.25) is 0 Å². The molecule has 0 aromatic heterocycles. The first-order valence-corrected chi connectivity index (χ1v) is 7.50. The van der Waals surface area contributed by atoms with Crippen LogP contribution in [0.1, 0.15) is 59.3 Å². The summed E-state index contributed by atoms with van der Waals surface area (Å²) in [6, 6.07) is 0. The van der Waals surface area contributed by atoms with Crippen LogP contribution in [-0.2, 0) is 4.74 Å². The van der Waals surface area contributed by atoms with Crippen LogP contribution >= 0.6 is 0 Å². The maximum Gasteiger partial charge on any atom is 0.0897 e. The van der Waals surface area contributed by atoms with E-state index in [-0.39, 0.29) is 5.60 Å². The average molecular weight is 257 g/mol. The molecule has 0 spiro atoms. The molecule has 0 bridgehead atoms. The quantitative estimate of drug-likeness (QED) is 0.689. The van der Waals surface area contributed by atoms with Gasteiger partial charge in [0.15, 0.2) is 0 Å². The predicted octanol–water partition coefficient (Wildman–Crippen LogP) is 2.72. The Balaban J connectivity index is 1.96. The first-order valence-electron chi connectivity index (χ1n) is 7.50. The molecule has 2 N–H and O–H groups in total. The number of aliphatic hydroxyl groups excluding tert-OH is 1. The molecular formula is C15H31NO2. The Morgan fingerprint density at radius 1 is 1.22 bits per heavy atom. The second-order valence-corrected chi connectivity index (χ2v) is 6.57. The van der Waals surface area contributed by atoms with Crippen LogP contribution in [0, 0.1) is 5.92 Å². The maximum absolute atomic E-state index is 9.76. The number of rotatable bonds is 7. The van der Waals surface area contributed by atoms with Crippen LogP contribution in [0.25, 0.3) is 0 Å². The zero-order chi connectivity index (χ0) is 13.4. The van der Waals surface area contributed by atoms with Crippen LogP contribution in [0.3, 0.4) is 0 Å². The largest absolute Gasteiger partial charge is 0.389 e. The fourth-order valence-electron chi connectivity index (χ4n) is 2.46. The molecule has 1 rings (SSSR count). The van der Waals surface area contributed by atoms with Gasteiger partial charge in [0.25, 0.3) is 0 Å². The van der Waals surface area contributed by atoms with E-state index in [1.165, 1.54) is 38.5 Å². The van der Waals surface area contributed by atoms with Crippen molar-refractivity contribution in [2.75, 3.05) is 19.7 Å². The van der Waals surface area contributed by atoms with Crippen LogP contribution in [0.15, 0.2) is 0 Å². The third-order valence-electron chi connectivity index (χ3n) is 3.54. The monoisotopic (exact) mass is 257 g/mol. The summed E-state index contributed by atoms with van der Waals surface area (Å²) in [5.41, 5.74) is -0.164. The van der Waals surface area contributed by atoms with E-state index in [9.17, 15) is 5.11 Å². The molecule has 0 heterocycles. The molecule has 0 aromatic rings. The van der Waals surface area contributed by atoms with Crippen molar-refractivity contribution in [3.63, 3.8) is 0 Å². The van der Waals surface area contributed by atoms with Gasteiger partial charge in [0.1, 0.15) is 0 Å². The number of aliphatic hydroxyl groups is 1. The lowest BCUT2D eigenvalue weighted by molar-refractivity contribution is -0.0478. The van der Waals surface area contributed by atoms with Gasteiger partial charge in [-0.05, 0) is 39.7 Å². The molecule has 0 aliphatic heterocycles. The standard InChI is InChI=1S/C15H31NO2/c1-15(2,3)18-12-14(17)11-16-10-9-13-7-5-4-6-8-13/h13-14,16-17H,4-12H2,1-3H3. The van der Waals surface area contributed by atoms with Gasteiger partial charge in [-0.2, -0.15) is 0 Å². The lowest BCUT2D eigenvalue weighted by Gasteiger charge is -2.23. The first-order chi connectivity index (χ1) is 8.47. The highest BCUT2D eigenvalue weighted by atomic mass is 16.5. The zero-order valence-corrected chi connectivity index (χ0v) is 12.4. The van der Waals surface area contributed by atoms with Gasteiger partial charge in [-0.15, -0.1) is 0 Å². The topological polar surface area (TPSA) is 41.5 Å². The Bertz CT molecular complexity index is 207. The molecule has 0 amide bonds. The zero-order valence-electron chi connectivity index (χ0n) is 12.4. The van der Waals surface area contributed by atoms with Crippen molar-refractivity contribution in [2.45, 2.75) is 71.0 Å². The highest BCUT2D eigenvalue weighted by Gasteiger charge is 2.14. The molecule has 3 heteroatoms. The van der Waals surface area contributed by atoms with Crippen LogP contribution in [-0.4, -0.2) is 36.5 Å². The molecule has 0 saturated heterocycles. The van der Waals surface area contributed by atoms with E-state index < -0.39 is 6.10 Å². The summed E-state index contributed by atoms with van der Waals surface area (Å²) >= 11 is 0. The Kier molecular flexibility index (Phi) is 7.20. The average Bonchev–Trinajstić information content (AvgIpc) is 2.33. The molecule has 3 nitrogen and oxygen atoms in total. The van der Waals surface area contributed by atoms with Crippen LogP contribution < -0.4 is 5.32 Å². The second kappa shape index (κ2) is 8.13. The summed E-state index contributed by atoms with van der Waals surface area (Å²) in [5, 5.41) is 13.1. The molecule has 1 saturated carbocycles. The second-order valence-electron chi connectivity index (χ2n) is 6.57. The molecule has 1 unspecified atom stereocenters. The van der Waals surface area contributed by atoms with Crippen molar-refractivity contribution in [2.24, 2.45) is 5.92 Å². The summed E-state index contributed by atoms with van der Waals surface area (Å²) in [4.78, 5) is 0. The highest BCUT2D eigenvalue weighted by Crippen LogP contribution is 2.25. The van der Waals surface area contributed by atoms with Gasteiger partial charge >= 0.3 is 0 Å². The van der Waals surface area contributed by atoms with Crippen molar-refractivity contribution < 1.29 is 9.84 Å². The molecule has 0 aromatic carbocycles. The highest BCUT2D eigenvalue weighted by molar-refractivity contribution is 4.68. The van der Waals surface area contributed by atoms with Gasteiger partial charge in [-0.1, -0.05) is 32.1 Å². The molecule has 108 valence electrons. The number of ether oxygens (including phenoxy) is 1. The fraction of sp³-hybridized carbons (Fsp3) is 1.00. The predicted molar refractivity (Wildman–Crippen MR) is 75.8 cm³/mol. The van der Waals surface area contributed by atoms with Gasteiger partial charge in [-0.3, -0.25) is 0 Å². The number of nitrogens with one attached hydrogen (secondary N) is 1. The summed E-state index contributed by atoms with van der Waals surface area (Å²) in [5.74, 6) is 0.911. The third kappa shape index (κ3) is 8.06. The SMILES string of the molecule is CC(C)(C)OCC(O)CNCCC1CCCCC1. The number of hydrogen-bond acceptors (Lipinski definition) is 3. The summed E-state index contributed by atoms with van der Waals surface area (Å²) in [7, 11) is 0. The first kappa shape index (κ1) is 15.9. The fourth-order valence-corrected chi connectivity index (χ4v) is 2.46. The van der Waals surface area contributed by atoms with Gasteiger partial charge in [0, 0.05) is 6.54 Å². The van der Waals surface area contributed by atoms with E-state index in [0.29, 0.717) is 13.2 Å². The van der Waals surface area contributed by atoms with Crippen LogP contribution in [0.5, 0.6) is 0 Å². The summed E-state index contributed by atoms with van der Waals surface area (Å²) in [6.07, 6.45) is 7.91. The van der Waals surface area contributed by atoms with Crippen molar-refractivity contribution >= 4 is 0 Å². The molecule has 1 fully saturated rings. The summed E-state index contributed by atoms with van der Waals surface area (Å²) in [6.45, 7) is 8.11. The normalized spacial score (nSPS) is 20.0. The Labute approximate surface area is 112 Å². The van der Waals surface area contributed by atoms with E-state index in [4.69, 9.17) is 4.74 Å². The van der Waals surface area contributed by atoms with Crippen molar-refractivity contribution in [1.29, 1.82) is 0 Å². The third-order valence-corrected chi connectivity index (χ3v) is 3.54. The van der Waals surface area contributed by atoms with Crippen LogP contribution in [0.4, 0.5) is 0 Å². The molecule has 0 radical (unpaired) electrons. The van der Waals surface area contributed by atoms with E-state index in [1.54, 1.807) is 0 Å². The van der Waals surface area contributed by atoms with Gasteiger partial charge in [-0.25, -0.2) is 0 Å². The minimum absolute atomic E-state index is 0.164. The summed E-state index contributed by atoms with van der Waals surface area (Å²) < 4.78 is 5.55. The van der Waals surface area contributed by atoms with E-state index in [2.05, 4.69) is 5.32 Å². The minimum Gasteiger partial charge on any atom is -0.389 e. The van der Waals surface area contributed by atoms with Gasteiger partial charge in [0.05, 0.1) is 18.3 Å². The molecule has 18 heavy (non-hydrogen) atoms. The van der Waals surface area contributed by atoms with Crippen molar-refractivity contribution in [3.8, 4) is 0 Å². The minimum atomic E-state index is -0.393. The Morgan fingerprint density at radius 3 is 2.50 bits per heavy atom. The Hall–Kier alpha value is -0.120.